The predicted molar refractivity (Wildman–Crippen MR) is 96.2 cm³/mol. The highest BCUT2D eigenvalue weighted by Gasteiger charge is 2.04. The highest BCUT2D eigenvalue weighted by molar-refractivity contribution is 9.10. The van der Waals surface area contributed by atoms with E-state index in [4.69, 9.17) is 4.74 Å². The van der Waals surface area contributed by atoms with Crippen LogP contribution in [0.2, 0.25) is 0 Å². The van der Waals surface area contributed by atoms with Crippen molar-refractivity contribution in [2.75, 3.05) is 6.61 Å². The zero-order chi connectivity index (χ0) is 16.7. The second kappa shape index (κ2) is 8.48. The van der Waals surface area contributed by atoms with Crippen LogP contribution in [0.1, 0.15) is 34.8 Å². The van der Waals surface area contributed by atoms with Crippen molar-refractivity contribution in [3.8, 4) is 5.75 Å². The van der Waals surface area contributed by atoms with Gasteiger partial charge in [0.15, 0.2) is 0 Å². The van der Waals surface area contributed by atoms with Gasteiger partial charge in [0, 0.05) is 10.0 Å². The molecule has 0 bridgehead atoms. The predicted octanol–water partition coefficient (Wildman–Crippen LogP) is 4.31. The molecule has 2 aromatic carbocycles. The lowest BCUT2D eigenvalue weighted by atomic mass is 10.2. The first-order valence-corrected chi connectivity index (χ1v) is 8.22. The molecule has 1 amide bonds. The Kier molecular flexibility index (Phi) is 6.35. The molecule has 0 unspecified atom stereocenters. The summed E-state index contributed by atoms with van der Waals surface area (Å²) in [4.78, 5) is 12.0. The summed E-state index contributed by atoms with van der Waals surface area (Å²) in [6, 6.07) is 12.9. The second-order valence-electron chi connectivity index (χ2n) is 5.08. The maximum absolute atomic E-state index is 12.0. The number of aryl methyl sites for hydroxylation is 1. The monoisotopic (exact) mass is 374 g/mol. The first-order valence-electron chi connectivity index (χ1n) is 7.42. The Hall–Kier alpha value is -2.14. The molecule has 23 heavy (non-hydrogen) atoms. The molecule has 4 nitrogen and oxygen atoms in total. The number of carbonyl (C=O) groups excluding carboxylic acids is 1. The zero-order valence-electron chi connectivity index (χ0n) is 13.2. The number of carbonyl (C=O) groups is 1. The summed E-state index contributed by atoms with van der Waals surface area (Å²) in [5.74, 6) is 0.505. The van der Waals surface area contributed by atoms with E-state index in [0.29, 0.717) is 12.2 Å². The standard InChI is InChI=1S/C18H19BrN2O2/c1-3-10-23-16-8-6-15(7-9-16)18(22)21-20-12-14-5-4-13(2)17(19)11-14/h4-9,11-12H,3,10H2,1-2H3,(H,21,22)/b20-12-. The quantitative estimate of drug-likeness (QED) is 0.604. The van der Waals surface area contributed by atoms with Crippen LogP contribution in [-0.2, 0) is 0 Å². The maximum Gasteiger partial charge on any atom is 0.271 e. The molecule has 2 rings (SSSR count). The molecule has 120 valence electrons. The SMILES string of the molecule is CCCOc1ccc(C(=O)N/N=C\c2ccc(C)c(Br)c2)cc1. The maximum atomic E-state index is 12.0. The van der Waals surface area contributed by atoms with Gasteiger partial charge in [-0.15, -0.1) is 0 Å². The number of benzene rings is 2. The number of hydrogen-bond donors (Lipinski definition) is 1. The molecule has 5 heteroatoms. The average Bonchev–Trinajstić information content (AvgIpc) is 2.56. The van der Waals surface area contributed by atoms with Crippen molar-refractivity contribution < 1.29 is 9.53 Å². The topological polar surface area (TPSA) is 50.7 Å². The number of hydrazone groups is 1. The van der Waals surface area contributed by atoms with Gasteiger partial charge in [-0.3, -0.25) is 4.79 Å². The van der Waals surface area contributed by atoms with Crippen LogP contribution in [0.25, 0.3) is 0 Å². The highest BCUT2D eigenvalue weighted by Crippen LogP contribution is 2.16. The lowest BCUT2D eigenvalue weighted by Gasteiger charge is -2.05. The van der Waals surface area contributed by atoms with Crippen LogP contribution in [0, 0.1) is 6.92 Å². The first-order chi connectivity index (χ1) is 11.1. The van der Waals surface area contributed by atoms with E-state index in [1.165, 1.54) is 0 Å². The van der Waals surface area contributed by atoms with Crippen molar-refractivity contribution >= 4 is 28.1 Å². The van der Waals surface area contributed by atoms with Crippen molar-refractivity contribution in [2.24, 2.45) is 5.10 Å². The van der Waals surface area contributed by atoms with Crippen LogP contribution in [0.3, 0.4) is 0 Å². The van der Waals surface area contributed by atoms with E-state index in [0.717, 1.165) is 27.8 Å². The zero-order valence-corrected chi connectivity index (χ0v) is 14.8. The summed E-state index contributed by atoms with van der Waals surface area (Å²) < 4.78 is 6.49. The average molecular weight is 375 g/mol. The minimum atomic E-state index is -0.255. The molecule has 0 aliphatic rings. The number of hydrogen-bond acceptors (Lipinski definition) is 3. The molecule has 2 aromatic rings. The third-order valence-corrected chi connectivity index (χ3v) is 4.02. The van der Waals surface area contributed by atoms with Crippen LogP contribution < -0.4 is 10.2 Å². The fourth-order valence-corrected chi connectivity index (χ4v) is 2.24. The molecule has 0 heterocycles. The van der Waals surface area contributed by atoms with Gasteiger partial charge in [-0.1, -0.05) is 35.0 Å². The Morgan fingerprint density at radius 2 is 2.00 bits per heavy atom. The smallest absolute Gasteiger partial charge is 0.271 e. The molecular weight excluding hydrogens is 356 g/mol. The normalized spacial score (nSPS) is 10.7. The molecule has 0 aromatic heterocycles. The van der Waals surface area contributed by atoms with Crippen LogP contribution in [0.15, 0.2) is 52.0 Å². The largest absolute Gasteiger partial charge is 0.494 e. The number of nitrogens with zero attached hydrogens (tertiary/aromatic N) is 1. The van der Waals surface area contributed by atoms with E-state index in [9.17, 15) is 4.79 Å². The van der Waals surface area contributed by atoms with E-state index in [2.05, 4.69) is 26.5 Å². The van der Waals surface area contributed by atoms with Crippen molar-refractivity contribution in [3.05, 3.63) is 63.6 Å². The van der Waals surface area contributed by atoms with E-state index in [1.807, 2.05) is 32.0 Å². The van der Waals surface area contributed by atoms with Crippen LogP contribution in [0.4, 0.5) is 0 Å². The van der Waals surface area contributed by atoms with Gasteiger partial charge < -0.3 is 4.74 Å². The van der Waals surface area contributed by atoms with Gasteiger partial charge >= 0.3 is 0 Å². The second-order valence-corrected chi connectivity index (χ2v) is 5.93. The van der Waals surface area contributed by atoms with Crippen LogP contribution in [-0.4, -0.2) is 18.7 Å². The Morgan fingerprint density at radius 3 is 2.65 bits per heavy atom. The number of ether oxygens (including phenoxy) is 1. The summed E-state index contributed by atoms with van der Waals surface area (Å²) in [6.45, 7) is 4.73. The van der Waals surface area contributed by atoms with Gasteiger partial charge in [-0.2, -0.15) is 5.10 Å². The number of nitrogens with one attached hydrogen (secondary N) is 1. The van der Waals surface area contributed by atoms with Gasteiger partial charge in [-0.25, -0.2) is 5.43 Å². The summed E-state index contributed by atoms with van der Waals surface area (Å²) in [5.41, 5.74) is 5.11. The van der Waals surface area contributed by atoms with Gasteiger partial charge in [-0.05, 0) is 54.8 Å². The summed E-state index contributed by atoms with van der Waals surface area (Å²) in [6.07, 6.45) is 2.56. The van der Waals surface area contributed by atoms with Crippen molar-refractivity contribution in [1.82, 2.24) is 5.43 Å². The summed E-state index contributed by atoms with van der Waals surface area (Å²) >= 11 is 3.47. The van der Waals surface area contributed by atoms with E-state index >= 15 is 0 Å². The third-order valence-electron chi connectivity index (χ3n) is 3.16. The molecule has 0 saturated carbocycles. The molecule has 1 N–H and O–H groups in total. The molecule has 0 spiro atoms. The van der Waals surface area contributed by atoms with Crippen LogP contribution >= 0.6 is 15.9 Å². The summed E-state index contributed by atoms with van der Waals surface area (Å²) in [5, 5.41) is 3.98. The van der Waals surface area contributed by atoms with E-state index < -0.39 is 0 Å². The van der Waals surface area contributed by atoms with Gasteiger partial charge in [0.05, 0.1) is 12.8 Å². The number of rotatable bonds is 6. The van der Waals surface area contributed by atoms with E-state index in [1.54, 1.807) is 30.5 Å². The molecule has 0 atom stereocenters. The van der Waals surface area contributed by atoms with Crippen molar-refractivity contribution in [2.45, 2.75) is 20.3 Å². The Balaban J connectivity index is 1.93. The lowest BCUT2D eigenvalue weighted by Crippen LogP contribution is -2.17. The van der Waals surface area contributed by atoms with Crippen molar-refractivity contribution in [3.63, 3.8) is 0 Å². The van der Waals surface area contributed by atoms with Gasteiger partial charge in [0.1, 0.15) is 5.75 Å². The van der Waals surface area contributed by atoms with Crippen LogP contribution in [0.5, 0.6) is 5.75 Å². The Labute approximate surface area is 144 Å². The first kappa shape index (κ1) is 17.2. The molecule has 0 saturated heterocycles. The molecule has 0 aliphatic carbocycles. The fraction of sp³-hybridized carbons (Fsp3) is 0.222. The molecular formula is C18H19BrN2O2. The number of amides is 1. The fourth-order valence-electron chi connectivity index (χ4n) is 1.84. The molecule has 0 aliphatic heterocycles. The number of halogens is 1. The van der Waals surface area contributed by atoms with Crippen molar-refractivity contribution in [1.29, 1.82) is 0 Å². The highest BCUT2D eigenvalue weighted by atomic mass is 79.9. The Morgan fingerprint density at radius 1 is 1.26 bits per heavy atom. The van der Waals surface area contributed by atoms with E-state index in [-0.39, 0.29) is 5.91 Å². The summed E-state index contributed by atoms with van der Waals surface area (Å²) in [7, 11) is 0. The van der Waals surface area contributed by atoms with Gasteiger partial charge in [0.25, 0.3) is 5.91 Å². The minimum absolute atomic E-state index is 0.255. The molecule has 0 fully saturated rings. The minimum Gasteiger partial charge on any atom is -0.494 e. The molecule has 0 radical (unpaired) electrons. The third kappa shape index (κ3) is 5.21. The lowest BCUT2D eigenvalue weighted by molar-refractivity contribution is 0.0955. The Bertz CT molecular complexity index is 697. The van der Waals surface area contributed by atoms with Gasteiger partial charge in [0.2, 0.25) is 0 Å².